The second-order valence-corrected chi connectivity index (χ2v) is 10.7. The summed E-state index contributed by atoms with van der Waals surface area (Å²) < 4.78 is 12.5. The van der Waals surface area contributed by atoms with Gasteiger partial charge in [0, 0.05) is 16.7 Å². The van der Waals surface area contributed by atoms with E-state index in [9.17, 15) is 5.11 Å². The van der Waals surface area contributed by atoms with Crippen LogP contribution >= 0.6 is 15.9 Å². The Morgan fingerprint density at radius 3 is 2.52 bits per heavy atom. The van der Waals surface area contributed by atoms with Gasteiger partial charge in [-0.3, -0.25) is 0 Å². The summed E-state index contributed by atoms with van der Waals surface area (Å²) in [6.07, 6.45) is 10.1. The molecule has 0 bridgehead atoms. The fourth-order valence-electron chi connectivity index (χ4n) is 7.47. The highest BCUT2D eigenvalue weighted by Crippen LogP contribution is 2.69. The van der Waals surface area contributed by atoms with Gasteiger partial charge in [-0.25, -0.2) is 0 Å². The van der Waals surface area contributed by atoms with Crippen LogP contribution in [0.5, 0.6) is 0 Å². The van der Waals surface area contributed by atoms with Crippen molar-refractivity contribution in [1.82, 2.24) is 0 Å². The van der Waals surface area contributed by atoms with Crippen molar-refractivity contribution in [3.63, 3.8) is 0 Å². The van der Waals surface area contributed by atoms with Crippen LogP contribution in [-0.2, 0) is 9.47 Å². The van der Waals surface area contributed by atoms with E-state index >= 15 is 0 Å². The monoisotopic (exact) mass is 410 g/mol. The minimum Gasteiger partial charge on any atom is -0.393 e. The van der Waals surface area contributed by atoms with Crippen LogP contribution in [0.2, 0.25) is 0 Å². The van der Waals surface area contributed by atoms with Crippen molar-refractivity contribution in [2.24, 2.45) is 28.6 Å². The maximum Gasteiger partial charge on any atom is 0.174 e. The number of aliphatic hydroxyl groups is 1. The first kappa shape index (κ1) is 17.2. The highest BCUT2D eigenvalue weighted by atomic mass is 79.9. The molecule has 5 rings (SSSR count). The summed E-state index contributed by atoms with van der Waals surface area (Å²) in [6, 6.07) is 0. The van der Waals surface area contributed by atoms with Crippen molar-refractivity contribution >= 4 is 15.9 Å². The molecule has 0 aromatic carbocycles. The van der Waals surface area contributed by atoms with Gasteiger partial charge in [0.25, 0.3) is 0 Å². The predicted octanol–water partition coefficient (Wildman–Crippen LogP) is 4.43. The van der Waals surface area contributed by atoms with Crippen molar-refractivity contribution in [3.8, 4) is 0 Å². The van der Waals surface area contributed by atoms with E-state index in [0.717, 1.165) is 44.8 Å². The fraction of sp³-hybridized carbons (Fsp3) is 0.905. The van der Waals surface area contributed by atoms with Crippen molar-refractivity contribution in [2.75, 3.05) is 13.2 Å². The Kier molecular flexibility index (Phi) is 3.83. The maximum atomic E-state index is 10.2. The SMILES string of the molecule is C[C@]12CC[C@H](O)CC1=C[C@@H](Br)C1C2CC[C@@]2(C)C1CCC21OCCO1. The summed E-state index contributed by atoms with van der Waals surface area (Å²) in [5.74, 6) is 1.73. The summed E-state index contributed by atoms with van der Waals surface area (Å²) in [5.41, 5.74) is 1.94. The van der Waals surface area contributed by atoms with Gasteiger partial charge in [-0.05, 0) is 61.7 Å². The Morgan fingerprint density at radius 2 is 1.76 bits per heavy atom. The number of ether oxygens (including phenoxy) is 2. The Hall–Kier alpha value is 0.1000. The molecule has 7 atom stereocenters. The van der Waals surface area contributed by atoms with Crippen LogP contribution in [0.1, 0.15) is 58.8 Å². The van der Waals surface area contributed by atoms with Gasteiger partial charge in [-0.2, -0.15) is 0 Å². The molecule has 0 amide bonds. The molecule has 0 radical (unpaired) electrons. The molecule has 4 fully saturated rings. The number of fused-ring (bicyclic) bond motifs is 6. The topological polar surface area (TPSA) is 38.7 Å². The summed E-state index contributed by atoms with van der Waals surface area (Å²) in [4.78, 5) is 0.423. The molecular formula is C21H31BrO3. The number of aliphatic hydroxyl groups excluding tert-OH is 1. The zero-order valence-electron chi connectivity index (χ0n) is 15.5. The Balaban J connectivity index is 1.53. The van der Waals surface area contributed by atoms with Crippen LogP contribution < -0.4 is 0 Å². The van der Waals surface area contributed by atoms with Gasteiger partial charge in [0.05, 0.1) is 19.3 Å². The van der Waals surface area contributed by atoms with E-state index in [-0.39, 0.29) is 22.7 Å². The van der Waals surface area contributed by atoms with Crippen LogP contribution in [0.3, 0.4) is 0 Å². The summed E-state index contributed by atoms with van der Waals surface area (Å²) in [7, 11) is 0. The average Bonchev–Trinajstić information content (AvgIpc) is 3.17. The summed E-state index contributed by atoms with van der Waals surface area (Å²) in [5, 5.41) is 10.2. The molecule has 1 heterocycles. The number of hydrogen-bond acceptors (Lipinski definition) is 3. The lowest BCUT2D eigenvalue weighted by Crippen LogP contribution is -2.57. The van der Waals surface area contributed by atoms with E-state index in [1.165, 1.54) is 24.8 Å². The molecule has 1 saturated heterocycles. The van der Waals surface area contributed by atoms with E-state index in [4.69, 9.17) is 9.47 Å². The minimum absolute atomic E-state index is 0.139. The van der Waals surface area contributed by atoms with Gasteiger partial charge < -0.3 is 14.6 Å². The fourth-order valence-corrected chi connectivity index (χ4v) is 8.53. The van der Waals surface area contributed by atoms with Crippen molar-refractivity contribution in [3.05, 3.63) is 11.6 Å². The first-order chi connectivity index (χ1) is 11.9. The number of allylic oxidation sites excluding steroid dienone is 1. The van der Waals surface area contributed by atoms with E-state index in [0.29, 0.717) is 16.7 Å². The number of halogens is 1. The normalized spacial score (nSPS) is 53.9. The molecule has 0 aromatic heterocycles. The van der Waals surface area contributed by atoms with Crippen molar-refractivity contribution < 1.29 is 14.6 Å². The number of rotatable bonds is 0. The molecule has 4 aliphatic carbocycles. The summed E-state index contributed by atoms with van der Waals surface area (Å²) in [6.45, 7) is 6.44. The van der Waals surface area contributed by atoms with Crippen molar-refractivity contribution in [2.45, 2.75) is 75.5 Å². The molecular weight excluding hydrogens is 380 g/mol. The van der Waals surface area contributed by atoms with Gasteiger partial charge in [-0.1, -0.05) is 41.4 Å². The lowest BCUT2D eigenvalue weighted by molar-refractivity contribution is -0.241. The summed E-state index contributed by atoms with van der Waals surface area (Å²) >= 11 is 4.05. The second-order valence-electron chi connectivity index (χ2n) is 9.69. The van der Waals surface area contributed by atoms with Crippen LogP contribution in [0.15, 0.2) is 11.6 Å². The lowest BCUT2D eigenvalue weighted by atomic mass is 9.47. The third kappa shape index (κ3) is 2.14. The molecule has 3 nitrogen and oxygen atoms in total. The van der Waals surface area contributed by atoms with Crippen LogP contribution in [0.4, 0.5) is 0 Å². The molecule has 1 spiro atoms. The first-order valence-corrected chi connectivity index (χ1v) is 11.1. The average molecular weight is 411 g/mol. The smallest absolute Gasteiger partial charge is 0.174 e. The molecule has 1 N–H and O–H groups in total. The Bertz CT molecular complexity index is 598. The van der Waals surface area contributed by atoms with E-state index in [2.05, 4.69) is 35.9 Å². The number of alkyl halides is 1. The highest BCUT2D eigenvalue weighted by molar-refractivity contribution is 9.09. The molecule has 25 heavy (non-hydrogen) atoms. The molecule has 140 valence electrons. The van der Waals surface area contributed by atoms with E-state index in [1.807, 2.05) is 0 Å². The molecule has 5 aliphatic rings. The molecule has 1 aliphatic heterocycles. The van der Waals surface area contributed by atoms with Crippen LogP contribution in [0.25, 0.3) is 0 Å². The van der Waals surface area contributed by atoms with Gasteiger partial charge in [0.2, 0.25) is 0 Å². The first-order valence-electron chi connectivity index (χ1n) is 10.2. The zero-order chi connectivity index (χ0) is 17.4. The van der Waals surface area contributed by atoms with Gasteiger partial charge in [0.15, 0.2) is 5.79 Å². The Labute approximate surface area is 159 Å². The Morgan fingerprint density at radius 1 is 1.04 bits per heavy atom. The van der Waals surface area contributed by atoms with Crippen LogP contribution in [0, 0.1) is 28.6 Å². The predicted molar refractivity (Wildman–Crippen MR) is 100 cm³/mol. The van der Waals surface area contributed by atoms with Gasteiger partial charge in [0.1, 0.15) is 0 Å². The van der Waals surface area contributed by atoms with Crippen LogP contribution in [-0.4, -0.2) is 35.0 Å². The van der Waals surface area contributed by atoms with Gasteiger partial charge in [-0.15, -0.1) is 0 Å². The largest absolute Gasteiger partial charge is 0.393 e. The number of hydrogen-bond donors (Lipinski definition) is 1. The zero-order valence-corrected chi connectivity index (χ0v) is 17.1. The third-order valence-electron chi connectivity index (χ3n) is 8.86. The standard InChI is InChI=1S/C21H31BrO3/c1-19-6-3-14(23)11-13(19)12-17(22)18-15(19)4-7-20(2)16(18)5-8-21(20)24-9-10-25-21/h12,14-18,23H,3-11H2,1-2H3/t14-,15?,16?,17+,18?,19-,20-/m0/s1. The maximum absolute atomic E-state index is 10.2. The molecule has 3 unspecified atom stereocenters. The van der Waals surface area contributed by atoms with E-state index < -0.39 is 0 Å². The molecule has 3 saturated carbocycles. The minimum atomic E-state index is -0.316. The highest BCUT2D eigenvalue weighted by Gasteiger charge is 2.67. The van der Waals surface area contributed by atoms with Crippen molar-refractivity contribution in [1.29, 1.82) is 0 Å². The second kappa shape index (κ2) is 5.56. The molecule has 4 heteroatoms. The van der Waals surface area contributed by atoms with E-state index in [1.54, 1.807) is 0 Å². The van der Waals surface area contributed by atoms with Gasteiger partial charge >= 0.3 is 0 Å². The lowest BCUT2D eigenvalue weighted by Gasteiger charge is -2.59. The molecule has 0 aromatic rings. The third-order valence-corrected chi connectivity index (χ3v) is 9.74. The quantitative estimate of drug-likeness (QED) is 0.474.